The van der Waals surface area contributed by atoms with E-state index in [0.29, 0.717) is 5.92 Å². The molecule has 7 nitrogen and oxygen atoms in total. The predicted molar refractivity (Wildman–Crippen MR) is 103 cm³/mol. The van der Waals surface area contributed by atoms with Gasteiger partial charge in [0.2, 0.25) is 5.65 Å². The summed E-state index contributed by atoms with van der Waals surface area (Å²) in [5.41, 5.74) is 3.44. The molecular formula is C20H24N6O. The molecule has 140 valence electrons. The molecule has 1 aliphatic carbocycles. The normalized spacial score (nSPS) is 18.1. The van der Waals surface area contributed by atoms with E-state index in [2.05, 4.69) is 54.1 Å². The summed E-state index contributed by atoms with van der Waals surface area (Å²) in [4.78, 5) is 6.95. The first-order valence-corrected chi connectivity index (χ1v) is 9.69. The lowest BCUT2D eigenvalue weighted by atomic mass is 10.1. The van der Waals surface area contributed by atoms with Gasteiger partial charge in [0.05, 0.1) is 13.2 Å². The van der Waals surface area contributed by atoms with Gasteiger partial charge in [0.1, 0.15) is 5.82 Å². The zero-order valence-electron chi connectivity index (χ0n) is 15.3. The highest BCUT2D eigenvalue weighted by molar-refractivity contribution is 5.62. The summed E-state index contributed by atoms with van der Waals surface area (Å²) in [5.74, 6) is 2.41. The van der Waals surface area contributed by atoms with E-state index in [1.54, 1.807) is 0 Å². The molecule has 7 heteroatoms. The van der Waals surface area contributed by atoms with Gasteiger partial charge in [0.15, 0.2) is 5.82 Å². The molecule has 1 saturated heterocycles. The Balaban J connectivity index is 1.33. The highest BCUT2D eigenvalue weighted by atomic mass is 16.5. The number of hydrogen-bond acceptors (Lipinski definition) is 6. The number of nitrogens with zero attached hydrogens (tertiary/aromatic N) is 5. The molecule has 2 aliphatic rings. The van der Waals surface area contributed by atoms with Crippen LogP contribution >= 0.6 is 0 Å². The van der Waals surface area contributed by atoms with Crippen LogP contribution in [0.3, 0.4) is 0 Å². The van der Waals surface area contributed by atoms with Gasteiger partial charge in [-0.1, -0.05) is 24.3 Å². The summed E-state index contributed by atoms with van der Waals surface area (Å²) in [6.45, 7) is 5.30. The Bertz CT molecular complexity index is 929. The van der Waals surface area contributed by atoms with Crippen molar-refractivity contribution in [1.29, 1.82) is 0 Å². The highest BCUT2D eigenvalue weighted by Gasteiger charge is 2.29. The third-order valence-corrected chi connectivity index (χ3v) is 5.36. The maximum Gasteiger partial charge on any atom is 0.203 e. The first-order chi connectivity index (χ1) is 13.4. The van der Waals surface area contributed by atoms with E-state index in [1.807, 2.05) is 12.4 Å². The van der Waals surface area contributed by atoms with Crippen molar-refractivity contribution >= 4 is 11.5 Å². The molecular weight excluding hydrogens is 340 g/mol. The second kappa shape index (κ2) is 7.25. The topological polar surface area (TPSA) is 67.6 Å². The van der Waals surface area contributed by atoms with Crippen LogP contribution < -0.4 is 5.32 Å². The lowest BCUT2D eigenvalue weighted by Crippen LogP contribution is -2.35. The van der Waals surface area contributed by atoms with Gasteiger partial charge in [-0.05, 0) is 24.0 Å². The molecule has 5 rings (SSSR count). The molecule has 0 spiro atoms. The first-order valence-electron chi connectivity index (χ1n) is 9.69. The van der Waals surface area contributed by atoms with Crippen molar-refractivity contribution in [3.63, 3.8) is 0 Å². The molecule has 3 aromatic rings. The first kappa shape index (κ1) is 16.6. The maximum atomic E-state index is 5.46. The van der Waals surface area contributed by atoms with Crippen LogP contribution in [0.4, 0.5) is 5.82 Å². The monoisotopic (exact) mass is 364 g/mol. The summed E-state index contributed by atoms with van der Waals surface area (Å²) in [5, 5.41) is 12.2. The van der Waals surface area contributed by atoms with Crippen LogP contribution in [0.25, 0.3) is 5.65 Å². The molecule has 0 radical (unpaired) electrons. The summed E-state index contributed by atoms with van der Waals surface area (Å²) in [6.07, 6.45) is 6.20. The maximum absolute atomic E-state index is 5.46. The Morgan fingerprint density at radius 1 is 1.07 bits per heavy atom. The second-order valence-corrected chi connectivity index (χ2v) is 7.31. The average molecular weight is 364 g/mol. The Hall–Kier alpha value is -2.51. The minimum Gasteiger partial charge on any atom is -0.379 e. The lowest BCUT2D eigenvalue weighted by molar-refractivity contribution is 0.0341. The zero-order chi connectivity index (χ0) is 18.1. The Morgan fingerprint density at radius 3 is 2.70 bits per heavy atom. The van der Waals surface area contributed by atoms with Crippen LogP contribution in [0.1, 0.15) is 35.7 Å². The average Bonchev–Trinajstić information content (AvgIpc) is 3.46. The van der Waals surface area contributed by atoms with Gasteiger partial charge in [0.25, 0.3) is 0 Å². The van der Waals surface area contributed by atoms with Gasteiger partial charge in [0, 0.05) is 44.5 Å². The molecule has 0 atom stereocenters. The fourth-order valence-corrected chi connectivity index (χ4v) is 3.65. The fraction of sp³-hybridized carbons (Fsp3) is 0.450. The van der Waals surface area contributed by atoms with Crippen LogP contribution in [0.2, 0.25) is 0 Å². The Labute approximate surface area is 158 Å². The Kier molecular flexibility index (Phi) is 4.47. The van der Waals surface area contributed by atoms with E-state index in [4.69, 9.17) is 4.74 Å². The molecule has 0 amide bonds. The van der Waals surface area contributed by atoms with E-state index in [1.165, 1.54) is 24.0 Å². The SMILES string of the molecule is c1ccc(CN2CCOCC2)c(CNc2nccn3c(C4CC4)nnc23)c1. The zero-order valence-corrected chi connectivity index (χ0v) is 15.3. The number of benzene rings is 1. The molecule has 2 aromatic heterocycles. The van der Waals surface area contributed by atoms with Gasteiger partial charge in [-0.15, -0.1) is 10.2 Å². The standard InChI is InChI=1S/C20H24N6O/c1-2-4-17(14-25-9-11-27-12-10-25)16(3-1)13-22-18-20-24-23-19(15-5-6-15)26(20)8-7-21-18/h1-4,7-8,15H,5-6,9-14H2,(H,21,22). The van der Waals surface area contributed by atoms with Crippen LogP contribution in [0.15, 0.2) is 36.7 Å². The number of rotatable bonds is 6. The Morgan fingerprint density at radius 2 is 1.89 bits per heavy atom. The van der Waals surface area contributed by atoms with Gasteiger partial charge in [-0.25, -0.2) is 4.98 Å². The number of aromatic nitrogens is 4. The van der Waals surface area contributed by atoms with Crippen LogP contribution in [-0.4, -0.2) is 50.8 Å². The van der Waals surface area contributed by atoms with Gasteiger partial charge >= 0.3 is 0 Å². The number of morpholine rings is 1. The molecule has 1 aromatic carbocycles. The highest BCUT2D eigenvalue weighted by Crippen LogP contribution is 2.39. The van der Waals surface area contributed by atoms with Crippen molar-refractivity contribution in [3.8, 4) is 0 Å². The summed E-state index contributed by atoms with van der Waals surface area (Å²) < 4.78 is 7.54. The molecule has 1 saturated carbocycles. The smallest absolute Gasteiger partial charge is 0.203 e. The van der Waals surface area contributed by atoms with Gasteiger partial charge in [-0.3, -0.25) is 9.30 Å². The molecule has 1 aliphatic heterocycles. The molecule has 3 heterocycles. The van der Waals surface area contributed by atoms with E-state index in [9.17, 15) is 0 Å². The quantitative estimate of drug-likeness (QED) is 0.725. The van der Waals surface area contributed by atoms with Gasteiger partial charge < -0.3 is 10.1 Å². The summed E-state index contributed by atoms with van der Waals surface area (Å²) in [7, 11) is 0. The summed E-state index contributed by atoms with van der Waals surface area (Å²) >= 11 is 0. The van der Waals surface area contributed by atoms with Crippen molar-refractivity contribution in [3.05, 3.63) is 53.6 Å². The van der Waals surface area contributed by atoms with Crippen molar-refractivity contribution in [2.45, 2.75) is 31.8 Å². The minimum absolute atomic E-state index is 0.560. The number of anilines is 1. The van der Waals surface area contributed by atoms with E-state index >= 15 is 0 Å². The molecule has 27 heavy (non-hydrogen) atoms. The van der Waals surface area contributed by atoms with Crippen molar-refractivity contribution in [2.24, 2.45) is 0 Å². The molecule has 1 N–H and O–H groups in total. The molecule has 0 bridgehead atoms. The van der Waals surface area contributed by atoms with E-state index in [-0.39, 0.29) is 0 Å². The predicted octanol–water partition coefficient (Wildman–Crippen LogP) is 2.45. The third kappa shape index (κ3) is 3.52. The number of fused-ring (bicyclic) bond motifs is 1. The van der Waals surface area contributed by atoms with Crippen LogP contribution in [0, 0.1) is 0 Å². The van der Waals surface area contributed by atoms with Crippen molar-refractivity contribution < 1.29 is 4.74 Å². The second-order valence-electron chi connectivity index (χ2n) is 7.31. The number of nitrogens with one attached hydrogen (secondary N) is 1. The number of hydrogen-bond donors (Lipinski definition) is 1. The molecule has 2 fully saturated rings. The van der Waals surface area contributed by atoms with Gasteiger partial charge in [-0.2, -0.15) is 0 Å². The largest absolute Gasteiger partial charge is 0.379 e. The number of ether oxygens (including phenoxy) is 1. The molecule has 0 unspecified atom stereocenters. The van der Waals surface area contributed by atoms with Crippen molar-refractivity contribution in [1.82, 2.24) is 24.5 Å². The third-order valence-electron chi connectivity index (χ3n) is 5.36. The van der Waals surface area contributed by atoms with Crippen LogP contribution in [-0.2, 0) is 17.8 Å². The fourth-order valence-electron chi connectivity index (χ4n) is 3.65. The van der Waals surface area contributed by atoms with Crippen LogP contribution in [0.5, 0.6) is 0 Å². The summed E-state index contributed by atoms with van der Waals surface area (Å²) in [6, 6.07) is 8.60. The van der Waals surface area contributed by atoms with E-state index < -0.39 is 0 Å². The van der Waals surface area contributed by atoms with E-state index in [0.717, 1.165) is 56.7 Å². The lowest BCUT2D eigenvalue weighted by Gasteiger charge is -2.27. The minimum atomic E-state index is 0.560. The van der Waals surface area contributed by atoms with Crippen molar-refractivity contribution in [2.75, 3.05) is 31.6 Å².